The Morgan fingerprint density at radius 1 is 1.00 bits per heavy atom. The van der Waals surface area contributed by atoms with E-state index < -0.39 is 0 Å². The monoisotopic (exact) mass is 214 g/mol. The second-order valence-corrected chi connectivity index (χ2v) is 4.09. The highest BCUT2D eigenvalue weighted by atomic mass is 16.4. The molecule has 0 N–H and O–H groups in total. The Kier molecular flexibility index (Phi) is 2.91. The van der Waals surface area contributed by atoms with Crippen molar-refractivity contribution in [3.05, 3.63) is 58.6 Å². The highest BCUT2D eigenvalue weighted by molar-refractivity contribution is 5.62. The first kappa shape index (κ1) is 10.7. The summed E-state index contributed by atoms with van der Waals surface area (Å²) in [5, 5.41) is 0. The zero-order chi connectivity index (χ0) is 11.5. The summed E-state index contributed by atoms with van der Waals surface area (Å²) in [6, 6.07) is 13.3. The van der Waals surface area contributed by atoms with Crippen molar-refractivity contribution in [3.63, 3.8) is 0 Å². The summed E-state index contributed by atoms with van der Waals surface area (Å²) in [6.45, 7) is 4.01. The van der Waals surface area contributed by atoms with E-state index in [9.17, 15) is 4.79 Å². The summed E-state index contributed by atoms with van der Waals surface area (Å²) in [7, 11) is 0. The molecule has 1 heterocycles. The topological polar surface area (TPSA) is 30.2 Å². The van der Waals surface area contributed by atoms with Gasteiger partial charge < -0.3 is 4.42 Å². The lowest BCUT2D eigenvalue weighted by Gasteiger charge is -2.06. The van der Waals surface area contributed by atoms with Gasteiger partial charge in [0.25, 0.3) is 0 Å². The summed E-state index contributed by atoms with van der Waals surface area (Å²) in [5.41, 5.74) is 1.67. The molecule has 0 amide bonds. The zero-order valence-electron chi connectivity index (χ0n) is 9.44. The van der Waals surface area contributed by atoms with E-state index in [0.717, 1.165) is 16.9 Å². The predicted octanol–water partition coefficient (Wildman–Crippen LogP) is 3.43. The first-order valence-corrected chi connectivity index (χ1v) is 5.37. The van der Waals surface area contributed by atoms with Crippen molar-refractivity contribution in [1.29, 1.82) is 0 Å². The van der Waals surface area contributed by atoms with Crippen LogP contribution in [0.25, 0.3) is 11.1 Å². The Morgan fingerprint density at radius 3 is 2.31 bits per heavy atom. The average molecular weight is 214 g/mol. The van der Waals surface area contributed by atoms with Crippen LogP contribution in [-0.2, 0) is 0 Å². The van der Waals surface area contributed by atoms with Crippen LogP contribution >= 0.6 is 0 Å². The Labute approximate surface area is 94.5 Å². The van der Waals surface area contributed by atoms with Gasteiger partial charge in [-0.3, -0.25) is 0 Å². The zero-order valence-corrected chi connectivity index (χ0v) is 9.44. The Hall–Kier alpha value is -1.83. The van der Waals surface area contributed by atoms with Gasteiger partial charge in [0.2, 0.25) is 0 Å². The highest BCUT2D eigenvalue weighted by Gasteiger charge is 2.06. The number of benzene rings is 1. The third kappa shape index (κ3) is 2.22. The van der Waals surface area contributed by atoms with Crippen LogP contribution in [0.1, 0.15) is 25.5 Å². The molecule has 0 bridgehead atoms. The molecule has 2 rings (SSSR count). The molecule has 1 aromatic carbocycles. The van der Waals surface area contributed by atoms with E-state index in [-0.39, 0.29) is 11.5 Å². The van der Waals surface area contributed by atoms with Gasteiger partial charge in [-0.25, -0.2) is 4.79 Å². The van der Waals surface area contributed by atoms with Crippen molar-refractivity contribution in [2.24, 2.45) is 0 Å². The third-order valence-corrected chi connectivity index (χ3v) is 2.47. The molecule has 2 heteroatoms. The lowest BCUT2D eigenvalue weighted by Crippen LogP contribution is -2.01. The van der Waals surface area contributed by atoms with Crippen molar-refractivity contribution in [2.75, 3.05) is 0 Å². The molecule has 0 unspecified atom stereocenters. The quantitative estimate of drug-likeness (QED) is 0.766. The molecule has 0 saturated heterocycles. The second-order valence-electron chi connectivity index (χ2n) is 4.09. The van der Waals surface area contributed by atoms with E-state index >= 15 is 0 Å². The molecule has 0 aliphatic rings. The van der Waals surface area contributed by atoms with Crippen LogP contribution in [0.15, 0.2) is 51.7 Å². The van der Waals surface area contributed by atoms with Gasteiger partial charge in [0.15, 0.2) is 0 Å². The molecule has 0 radical (unpaired) electrons. The fourth-order valence-electron chi connectivity index (χ4n) is 1.58. The van der Waals surface area contributed by atoms with Gasteiger partial charge >= 0.3 is 5.63 Å². The average Bonchev–Trinajstić information content (AvgIpc) is 2.29. The summed E-state index contributed by atoms with van der Waals surface area (Å²) < 4.78 is 5.15. The van der Waals surface area contributed by atoms with Crippen LogP contribution in [-0.4, -0.2) is 0 Å². The fraction of sp³-hybridized carbons (Fsp3) is 0.214. The molecule has 0 spiro atoms. The van der Waals surface area contributed by atoms with E-state index in [0.29, 0.717) is 0 Å². The van der Waals surface area contributed by atoms with E-state index in [4.69, 9.17) is 4.42 Å². The molecule has 2 nitrogen and oxygen atoms in total. The fourth-order valence-corrected chi connectivity index (χ4v) is 1.58. The van der Waals surface area contributed by atoms with Crippen LogP contribution < -0.4 is 5.63 Å². The van der Waals surface area contributed by atoms with E-state index in [2.05, 4.69) is 0 Å². The van der Waals surface area contributed by atoms with Crippen molar-refractivity contribution >= 4 is 0 Å². The first-order chi connectivity index (χ1) is 7.66. The first-order valence-electron chi connectivity index (χ1n) is 5.37. The molecule has 2 aromatic rings. The summed E-state index contributed by atoms with van der Waals surface area (Å²) in [5.74, 6) is 0.947. The predicted molar refractivity (Wildman–Crippen MR) is 64.5 cm³/mol. The van der Waals surface area contributed by atoms with Crippen LogP contribution in [0.5, 0.6) is 0 Å². The number of hydrogen-bond donors (Lipinski definition) is 0. The summed E-state index contributed by atoms with van der Waals surface area (Å²) >= 11 is 0. The molecular formula is C14H14O2. The summed E-state index contributed by atoms with van der Waals surface area (Å²) in [6.07, 6.45) is 0. The lowest BCUT2D eigenvalue weighted by molar-refractivity contribution is 0.441. The second kappa shape index (κ2) is 4.35. The van der Waals surface area contributed by atoms with Crippen molar-refractivity contribution in [2.45, 2.75) is 19.8 Å². The molecule has 0 aliphatic heterocycles. The maximum Gasteiger partial charge on any atom is 0.336 e. The molecule has 0 fully saturated rings. The standard InChI is InChI=1S/C14H14O2/c1-10(2)13-8-12(9-14(15)16-13)11-6-4-3-5-7-11/h3-10H,1-2H3. The Morgan fingerprint density at radius 2 is 1.69 bits per heavy atom. The van der Waals surface area contributed by atoms with Gasteiger partial charge in [-0.05, 0) is 17.2 Å². The largest absolute Gasteiger partial charge is 0.428 e. The van der Waals surface area contributed by atoms with Crippen LogP contribution in [0, 0.1) is 0 Å². The third-order valence-electron chi connectivity index (χ3n) is 2.47. The van der Waals surface area contributed by atoms with Gasteiger partial charge in [0, 0.05) is 12.0 Å². The number of rotatable bonds is 2. The van der Waals surface area contributed by atoms with Crippen molar-refractivity contribution < 1.29 is 4.42 Å². The number of hydrogen-bond acceptors (Lipinski definition) is 2. The van der Waals surface area contributed by atoms with Gasteiger partial charge in [-0.1, -0.05) is 44.2 Å². The van der Waals surface area contributed by atoms with Crippen molar-refractivity contribution in [1.82, 2.24) is 0 Å². The molecule has 16 heavy (non-hydrogen) atoms. The van der Waals surface area contributed by atoms with Crippen molar-refractivity contribution in [3.8, 4) is 11.1 Å². The van der Waals surface area contributed by atoms with Crippen LogP contribution in [0.2, 0.25) is 0 Å². The van der Waals surface area contributed by atoms with Crippen LogP contribution in [0.4, 0.5) is 0 Å². The van der Waals surface area contributed by atoms with E-state index in [1.807, 2.05) is 50.2 Å². The molecule has 0 saturated carbocycles. The minimum atomic E-state index is -0.287. The van der Waals surface area contributed by atoms with Crippen LogP contribution in [0.3, 0.4) is 0 Å². The molecular weight excluding hydrogens is 200 g/mol. The highest BCUT2D eigenvalue weighted by Crippen LogP contribution is 2.21. The van der Waals surface area contributed by atoms with Gasteiger partial charge in [0.05, 0.1) is 0 Å². The molecule has 82 valence electrons. The van der Waals surface area contributed by atoms with Gasteiger partial charge in [-0.15, -0.1) is 0 Å². The normalized spacial score (nSPS) is 10.7. The van der Waals surface area contributed by atoms with Gasteiger partial charge in [-0.2, -0.15) is 0 Å². The SMILES string of the molecule is CC(C)c1cc(-c2ccccc2)cc(=O)o1. The van der Waals surface area contributed by atoms with E-state index in [1.54, 1.807) is 0 Å². The summed E-state index contributed by atoms with van der Waals surface area (Å²) in [4.78, 5) is 11.4. The van der Waals surface area contributed by atoms with Gasteiger partial charge in [0.1, 0.15) is 5.76 Å². The Balaban J connectivity index is 2.54. The lowest BCUT2D eigenvalue weighted by atomic mass is 10.0. The Bertz CT molecular complexity index is 524. The molecule has 1 aromatic heterocycles. The maximum absolute atomic E-state index is 11.4. The minimum Gasteiger partial charge on any atom is -0.428 e. The molecule has 0 atom stereocenters. The minimum absolute atomic E-state index is 0.219. The maximum atomic E-state index is 11.4. The van der Waals surface area contributed by atoms with E-state index in [1.165, 1.54) is 6.07 Å². The molecule has 0 aliphatic carbocycles. The smallest absolute Gasteiger partial charge is 0.336 e.